The van der Waals surface area contributed by atoms with Gasteiger partial charge in [0.2, 0.25) is 5.91 Å². The summed E-state index contributed by atoms with van der Waals surface area (Å²) < 4.78 is 1.43. The van der Waals surface area contributed by atoms with Gasteiger partial charge in [0.05, 0.1) is 34.5 Å². The lowest BCUT2D eigenvalue weighted by Gasteiger charge is -2.09. The Morgan fingerprint density at radius 1 is 1.14 bits per heavy atom. The third kappa shape index (κ3) is 3.27. The van der Waals surface area contributed by atoms with Gasteiger partial charge in [-0.15, -0.1) is 0 Å². The topological polar surface area (TPSA) is 110 Å². The Labute approximate surface area is 158 Å². The number of aromatic nitrogens is 4. The molecule has 28 heavy (non-hydrogen) atoms. The van der Waals surface area contributed by atoms with Crippen molar-refractivity contribution in [3.05, 3.63) is 75.3 Å². The van der Waals surface area contributed by atoms with Crippen molar-refractivity contribution in [2.24, 2.45) is 0 Å². The molecule has 0 atom stereocenters. The average molecular weight is 375 g/mol. The average Bonchev–Trinajstić information content (AvgIpc) is 2.69. The van der Waals surface area contributed by atoms with E-state index in [0.29, 0.717) is 27.5 Å². The number of carbonyl (C=O) groups is 1. The number of hydrogen-bond acceptors (Lipinski definition) is 5. The maximum absolute atomic E-state index is 12.6. The van der Waals surface area contributed by atoms with Gasteiger partial charge in [0.15, 0.2) is 0 Å². The Morgan fingerprint density at radius 2 is 2.00 bits per heavy atom. The van der Waals surface area contributed by atoms with E-state index in [2.05, 4.69) is 20.3 Å². The molecule has 2 heterocycles. The number of carbonyl (C=O) groups excluding carboxylic acids is 1. The van der Waals surface area contributed by atoms with Gasteiger partial charge in [-0.05, 0) is 36.8 Å². The van der Waals surface area contributed by atoms with Crippen LogP contribution in [0.25, 0.3) is 21.8 Å². The summed E-state index contributed by atoms with van der Waals surface area (Å²) in [6, 6.07) is 10.4. The highest BCUT2D eigenvalue weighted by Gasteiger charge is 2.09. The van der Waals surface area contributed by atoms with Crippen LogP contribution in [0.2, 0.25) is 0 Å². The third-order valence-corrected chi connectivity index (χ3v) is 4.56. The molecular formula is C20H17N5O3. The highest BCUT2D eigenvalue weighted by atomic mass is 16.2. The summed E-state index contributed by atoms with van der Waals surface area (Å²) in [4.78, 5) is 47.6. The molecule has 140 valence electrons. The summed E-state index contributed by atoms with van der Waals surface area (Å²) in [6.45, 7) is 2.11. The molecule has 0 saturated heterocycles. The molecule has 8 nitrogen and oxygen atoms in total. The molecule has 0 aliphatic heterocycles. The maximum Gasteiger partial charge on any atom is 0.261 e. The number of rotatable bonds is 4. The Kier molecular flexibility index (Phi) is 4.44. The van der Waals surface area contributed by atoms with E-state index in [1.807, 2.05) is 19.1 Å². The summed E-state index contributed by atoms with van der Waals surface area (Å²) in [6.07, 6.45) is 2.90. The van der Waals surface area contributed by atoms with Gasteiger partial charge >= 0.3 is 0 Å². The molecule has 0 aliphatic carbocycles. The molecule has 4 rings (SSSR count). The van der Waals surface area contributed by atoms with Gasteiger partial charge in [-0.1, -0.05) is 12.1 Å². The number of amides is 1. The van der Waals surface area contributed by atoms with Gasteiger partial charge in [0, 0.05) is 18.7 Å². The number of hydrogen-bond donors (Lipinski definition) is 2. The summed E-state index contributed by atoms with van der Waals surface area (Å²) in [5.74, 6) is -0.268. The fraction of sp³-hybridized carbons (Fsp3) is 0.150. The molecule has 0 saturated carbocycles. The minimum absolute atomic E-state index is 0.0976. The number of nitrogens with one attached hydrogen (secondary N) is 2. The molecule has 2 aromatic heterocycles. The SMILES string of the molecule is Cc1cccc2c(=O)n(CCC(=O)Nc3ccc4nc[nH]c(=O)c4c3)cnc12. The number of aryl methyl sites for hydroxylation is 2. The number of H-pyrrole nitrogens is 1. The molecule has 1 amide bonds. The summed E-state index contributed by atoms with van der Waals surface area (Å²) in [7, 11) is 0. The number of fused-ring (bicyclic) bond motifs is 2. The Hall–Kier alpha value is -3.81. The van der Waals surface area contributed by atoms with Gasteiger partial charge in [-0.3, -0.25) is 19.0 Å². The first-order valence-electron chi connectivity index (χ1n) is 8.75. The van der Waals surface area contributed by atoms with E-state index in [0.717, 1.165) is 5.56 Å². The minimum Gasteiger partial charge on any atom is -0.326 e. The first-order valence-corrected chi connectivity index (χ1v) is 8.75. The molecule has 8 heteroatoms. The van der Waals surface area contributed by atoms with Crippen LogP contribution < -0.4 is 16.4 Å². The molecule has 0 bridgehead atoms. The predicted octanol–water partition coefficient (Wildman–Crippen LogP) is 1.97. The minimum atomic E-state index is -0.273. The number of nitrogens with zero attached hydrogens (tertiary/aromatic N) is 3. The van der Waals surface area contributed by atoms with Crippen LogP contribution in [-0.2, 0) is 11.3 Å². The molecule has 2 N–H and O–H groups in total. The second-order valence-electron chi connectivity index (χ2n) is 6.48. The molecule has 0 radical (unpaired) electrons. The summed E-state index contributed by atoms with van der Waals surface area (Å²) in [5.41, 5.74) is 2.19. The molecule has 0 unspecified atom stereocenters. The second kappa shape index (κ2) is 7.07. The van der Waals surface area contributed by atoms with Crippen molar-refractivity contribution < 1.29 is 4.79 Å². The van der Waals surface area contributed by atoms with Crippen molar-refractivity contribution in [3.63, 3.8) is 0 Å². The smallest absolute Gasteiger partial charge is 0.261 e. The largest absolute Gasteiger partial charge is 0.326 e. The van der Waals surface area contributed by atoms with Crippen LogP contribution in [0.3, 0.4) is 0 Å². The zero-order valence-corrected chi connectivity index (χ0v) is 15.1. The fourth-order valence-corrected chi connectivity index (χ4v) is 3.09. The van der Waals surface area contributed by atoms with Gasteiger partial charge in [-0.25, -0.2) is 9.97 Å². The summed E-state index contributed by atoms with van der Waals surface area (Å²) >= 11 is 0. The highest BCUT2D eigenvalue weighted by molar-refractivity contribution is 5.93. The Morgan fingerprint density at radius 3 is 2.86 bits per heavy atom. The van der Waals surface area contributed by atoms with Crippen LogP contribution in [0, 0.1) is 6.92 Å². The second-order valence-corrected chi connectivity index (χ2v) is 6.48. The Bertz CT molecular complexity index is 1320. The first-order chi connectivity index (χ1) is 13.5. The number of aromatic amines is 1. The summed E-state index contributed by atoms with van der Waals surface area (Å²) in [5, 5.41) is 3.67. The van der Waals surface area contributed by atoms with E-state index in [1.54, 1.807) is 24.3 Å². The lowest BCUT2D eigenvalue weighted by Crippen LogP contribution is -2.24. The number of benzene rings is 2. The van der Waals surface area contributed by atoms with Crippen molar-refractivity contribution in [1.82, 2.24) is 19.5 Å². The third-order valence-electron chi connectivity index (χ3n) is 4.56. The maximum atomic E-state index is 12.6. The lowest BCUT2D eigenvalue weighted by molar-refractivity contribution is -0.116. The van der Waals surface area contributed by atoms with Crippen LogP contribution in [0.4, 0.5) is 5.69 Å². The van der Waals surface area contributed by atoms with Crippen LogP contribution in [0.15, 0.2) is 58.6 Å². The van der Waals surface area contributed by atoms with Gasteiger partial charge in [0.25, 0.3) is 11.1 Å². The molecular weight excluding hydrogens is 358 g/mol. The van der Waals surface area contributed by atoms with E-state index < -0.39 is 0 Å². The normalized spacial score (nSPS) is 11.0. The van der Waals surface area contributed by atoms with Gasteiger partial charge < -0.3 is 10.3 Å². The van der Waals surface area contributed by atoms with Crippen molar-refractivity contribution in [2.75, 3.05) is 5.32 Å². The first kappa shape index (κ1) is 17.6. The van der Waals surface area contributed by atoms with Gasteiger partial charge in [0.1, 0.15) is 0 Å². The van der Waals surface area contributed by atoms with E-state index in [-0.39, 0.29) is 30.0 Å². The van der Waals surface area contributed by atoms with Crippen LogP contribution in [0.5, 0.6) is 0 Å². The lowest BCUT2D eigenvalue weighted by atomic mass is 10.1. The molecule has 0 spiro atoms. The predicted molar refractivity (Wildman–Crippen MR) is 106 cm³/mol. The van der Waals surface area contributed by atoms with Crippen molar-refractivity contribution in [3.8, 4) is 0 Å². The van der Waals surface area contributed by atoms with Crippen molar-refractivity contribution in [1.29, 1.82) is 0 Å². The van der Waals surface area contributed by atoms with Crippen LogP contribution >= 0.6 is 0 Å². The molecule has 0 aliphatic rings. The van der Waals surface area contributed by atoms with E-state index in [1.165, 1.54) is 17.2 Å². The van der Waals surface area contributed by atoms with Crippen molar-refractivity contribution >= 4 is 33.4 Å². The zero-order chi connectivity index (χ0) is 19.7. The molecule has 2 aromatic carbocycles. The molecule has 0 fully saturated rings. The van der Waals surface area contributed by atoms with Crippen LogP contribution in [-0.4, -0.2) is 25.4 Å². The molecule has 4 aromatic rings. The van der Waals surface area contributed by atoms with E-state index in [9.17, 15) is 14.4 Å². The van der Waals surface area contributed by atoms with E-state index in [4.69, 9.17) is 0 Å². The number of para-hydroxylation sites is 1. The monoisotopic (exact) mass is 375 g/mol. The standard InChI is InChI=1S/C20H17N5O3/c1-12-3-2-4-14-18(12)23-11-25(20(14)28)8-7-17(26)24-13-5-6-16-15(9-13)19(27)22-10-21-16/h2-6,9-11H,7-8H2,1H3,(H,24,26)(H,21,22,27). The Balaban J connectivity index is 1.50. The van der Waals surface area contributed by atoms with Crippen molar-refractivity contribution in [2.45, 2.75) is 19.9 Å². The van der Waals surface area contributed by atoms with Gasteiger partial charge in [-0.2, -0.15) is 0 Å². The van der Waals surface area contributed by atoms with Crippen LogP contribution in [0.1, 0.15) is 12.0 Å². The number of anilines is 1. The van der Waals surface area contributed by atoms with E-state index >= 15 is 0 Å². The fourth-order valence-electron chi connectivity index (χ4n) is 3.09. The highest BCUT2D eigenvalue weighted by Crippen LogP contribution is 2.14. The quantitative estimate of drug-likeness (QED) is 0.567. The zero-order valence-electron chi connectivity index (χ0n) is 15.1.